The molecule has 2 rings (SSSR count). The van der Waals surface area contributed by atoms with Gasteiger partial charge in [0, 0.05) is 37.6 Å². The Morgan fingerprint density at radius 1 is 1.25 bits per heavy atom. The van der Waals surface area contributed by atoms with Crippen LogP contribution < -0.4 is 4.90 Å². The molecule has 0 bridgehead atoms. The minimum atomic E-state index is 0.138. The zero-order chi connectivity index (χ0) is 11.8. The van der Waals surface area contributed by atoms with Crippen molar-refractivity contribution in [1.29, 1.82) is 0 Å². The third-order valence-electron chi connectivity index (χ3n) is 3.25. The van der Waals surface area contributed by atoms with E-state index in [9.17, 15) is 0 Å². The lowest BCUT2D eigenvalue weighted by molar-refractivity contribution is 0.138. The van der Waals surface area contributed by atoms with Crippen LogP contribution in [-0.4, -0.2) is 47.1 Å². The first-order valence-corrected chi connectivity index (χ1v) is 5.81. The highest BCUT2D eigenvalue weighted by atomic mass is 35.5. The van der Waals surface area contributed by atoms with Crippen LogP contribution in [0.4, 0.5) is 5.82 Å². The molecule has 5 heteroatoms. The monoisotopic (exact) mass is 240 g/mol. The van der Waals surface area contributed by atoms with E-state index in [4.69, 9.17) is 11.6 Å². The summed E-state index contributed by atoms with van der Waals surface area (Å²) >= 11 is 6.06. The van der Waals surface area contributed by atoms with Crippen LogP contribution in [0.3, 0.4) is 0 Å². The van der Waals surface area contributed by atoms with Gasteiger partial charge in [0.15, 0.2) is 11.0 Å². The molecule has 0 saturated carbocycles. The van der Waals surface area contributed by atoms with E-state index in [-0.39, 0.29) is 5.54 Å². The molecule has 0 aromatic carbocycles. The summed E-state index contributed by atoms with van der Waals surface area (Å²) in [6, 6.07) is 0. The second-order valence-electron chi connectivity index (χ2n) is 4.83. The number of likely N-dealkylation sites (N-methyl/N-ethyl adjacent to an activating group) is 1. The SMILES string of the molecule is CN1CCN(c2nccnc2Cl)CC1(C)C. The van der Waals surface area contributed by atoms with Crippen LogP contribution in [0.1, 0.15) is 13.8 Å². The third-order valence-corrected chi connectivity index (χ3v) is 3.52. The molecule has 0 atom stereocenters. The van der Waals surface area contributed by atoms with E-state index in [0.717, 1.165) is 25.5 Å². The fourth-order valence-corrected chi connectivity index (χ4v) is 2.17. The van der Waals surface area contributed by atoms with E-state index in [1.165, 1.54) is 0 Å². The molecule has 0 spiro atoms. The van der Waals surface area contributed by atoms with Gasteiger partial charge in [-0.05, 0) is 20.9 Å². The highest BCUT2D eigenvalue weighted by molar-refractivity contribution is 6.31. The number of nitrogens with zero attached hydrogens (tertiary/aromatic N) is 4. The van der Waals surface area contributed by atoms with Crippen LogP contribution in [0, 0.1) is 0 Å². The van der Waals surface area contributed by atoms with Crippen LogP contribution in [0.2, 0.25) is 5.15 Å². The van der Waals surface area contributed by atoms with Crippen molar-refractivity contribution >= 4 is 17.4 Å². The average Bonchev–Trinajstić information content (AvgIpc) is 2.23. The first kappa shape index (κ1) is 11.6. The molecule has 1 aromatic rings. The number of anilines is 1. The second-order valence-corrected chi connectivity index (χ2v) is 5.18. The van der Waals surface area contributed by atoms with Gasteiger partial charge in [-0.15, -0.1) is 0 Å². The molecule has 4 nitrogen and oxygen atoms in total. The Labute approximate surface area is 101 Å². The van der Waals surface area contributed by atoms with Gasteiger partial charge in [-0.1, -0.05) is 11.6 Å². The highest BCUT2D eigenvalue weighted by Crippen LogP contribution is 2.26. The van der Waals surface area contributed by atoms with Crippen molar-refractivity contribution in [1.82, 2.24) is 14.9 Å². The fourth-order valence-electron chi connectivity index (χ4n) is 1.95. The maximum atomic E-state index is 6.06. The molecular formula is C11H17ClN4. The second kappa shape index (κ2) is 4.18. The van der Waals surface area contributed by atoms with E-state index >= 15 is 0 Å². The van der Waals surface area contributed by atoms with Crippen molar-refractivity contribution in [3.63, 3.8) is 0 Å². The summed E-state index contributed by atoms with van der Waals surface area (Å²) in [5, 5.41) is 0.489. The van der Waals surface area contributed by atoms with Crippen molar-refractivity contribution in [3.05, 3.63) is 17.5 Å². The zero-order valence-corrected chi connectivity index (χ0v) is 10.7. The van der Waals surface area contributed by atoms with Gasteiger partial charge in [-0.2, -0.15) is 0 Å². The largest absolute Gasteiger partial charge is 0.351 e. The number of rotatable bonds is 1. The summed E-state index contributed by atoms with van der Waals surface area (Å²) in [6.07, 6.45) is 3.31. The first-order valence-electron chi connectivity index (χ1n) is 5.43. The molecule has 88 valence electrons. The predicted molar refractivity (Wildman–Crippen MR) is 66.0 cm³/mol. The highest BCUT2D eigenvalue weighted by Gasteiger charge is 2.32. The van der Waals surface area contributed by atoms with E-state index in [2.05, 4.69) is 40.7 Å². The topological polar surface area (TPSA) is 32.3 Å². The summed E-state index contributed by atoms with van der Waals surface area (Å²) in [7, 11) is 2.15. The Hall–Kier alpha value is -0.870. The van der Waals surface area contributed by atoms with Gasteiger partial charge in [0.25, 0.3) is 0 Å². The predicted octanol–water partition coefficient (Wildman–Crippen LogP) is 1.66. The van der Waals surface area contributed by atoms with Crippen LogP contribution >= 0.6 is 11.6 Å². The third kappa shape index (κ3) is 2.13. The maximum Gasteiger partial charge on any atom is 0.171 e. The average molecular weight is 241 g/mol. The molecule has 1 saturated heterocycles. The normalized spacial score (nSPS) is 21.1. The van der Waals surface area contributed by atoms with Crippen LogP contribution in [0.25, 0.3) is 0 Å². The minimum Gasteiger partial charge on any atom is -0.351 e. The smallest absolute Gasteiger partial charge is 0.171 e. The zero-order valence-electron chi connectivity index (χ0n) is 9.94. The Morgan fingerprint density at radius 2 is 1.94 bits per heavy atom. The number of piperazine rings is 1. The van der Waals surface area contributed by atoms with E-state index in [1.54, 1.807) is 12.4 Å². The molecule has 0 unspecified atom stereocenters. The molecule has 1 aliphatic rings. The molecule has 2 heterocycles. The molecule has 1 aromatic heterocycles. The molecule has 16 heavy (non-hydrogen) atoms. The van der Waals surface area contributed by atoms with Crippen molar-refractivity contribution in [2.45, 2.75) is 19.4 Å². The summed E-state index contributed by atoms with van der Waals surface area (Å²) in [5.74, 6) is 0.797. The minimum absolute atomic E-state index is 0.138. The van der Waals surface area contributed by atoms with E-state index in [1.807, 2.05) is 0 Å². The standard InChI is InChI=1S/C11H17ClN4/c1-11(2)8-16(7-6-15(11)3)10-9(12)13-4-5-14-10/h4-5H,6-8H2,1-3H3. The van der Waals surface area contributed by atoms with Crippen molar-refractivity contribution in [3.8, 4) is 0 Å². The van der Waals surface area contributed by atoms with E-state index in [0.29, 0.717) is 5.15 Å². The number of halogens is 1. The van der Waals surface area contributed by atoms with Gasteiger partial charge in [-0.25, -0.2) is 9.97 Å². The molecule has 0 amide bonds. The van der Waals surface area contributed by atoms with Gasteiger partial charge in [0.05, 0.1) is 0 Å². The maximum absolute atomic E-state index is 6.06. The van der Waals surface area contributed by atoms with Gasteiger partial charge < -0.3 is 4.90 Å². The lowest BCUT2D eigenvalue weighted by Crippen LogP contribution is -2.58. The van der Waals surface area contributed by atoms with Crippen molar-refractivity contribution in [2.24, 2.45) is 0 Å². The Morgan fingerprint density at radius 3 is 2.56 bits per heavy atom. The molecule has 0 radical (unpaired) electrons. The van der Waals surface area contributed by atoms with Crippen LogP contribution in [-0.2, 0) is 0 Å². The van der Waals surface area contributed by atoms with Gasteiger partial charge in [0.1, 0.15) is 0 Å². The van der Waals surface area contributed by atoms with Gasteiger partial charge in [-0.3, -0.25) is 4.90 Å². The molecule has 0 aliphatic carbocycles. The number of hydrogen-bond donors (Lipinski definition) is 0. The number of aromatic nitrogens is 2. The van der Waals surface area contributed by atoms with Crippen LogP contribution in [0.15, 0.2) is 12.4 Å². The van der Waals surface area contributed by atoms with Gasteiger partial charge >= 0.3 is 0 Å². The van der Waals surface area contributed by atoms with Crippen LogP contribution in [0.5, 0.6) is 0 Å². The lowest BCUT2D eigenvalue weighted by Gasteiger charge is -2.45. The molecule has 1 aliphatic heterocycles. The van der Waals surface area contributed by atoms with Crippen molar-refractivity contribution < 1.29 is 0 Å². The van der Waals surface area contributed by atoms with Crippen molar-refractivity contribution in [2.75, 3.05) is 31.6 Å². The summed E-state index contributed by atoms with van der Waals surface area (Å²) < 4.78 is 0. The first-order chi connectivity index (χ1) is 7.50. The fraction of sp³-hybridized carbons (Fsp3) is 0.636. The molecule has 1 fully saturated rings. The molecular weight excluding hydrogens is 224 g/mol. The summed E-state index contributed by atoms with van der Waals surface area (Å²) in [4.78, 5) is 12.9. The summed E-state index contributed by atoms with van der Waals surface area (Å²) in [5.41, 5.74) is 0.138. The number of hydrogen-bond acceptors (Lipinski definition) is 4. The Balaban J connectivity index is 2.21. The Bertz CT molecular complexity index is 380. The summed E-state index contributed by atoms with van der Waals surface area (Å²) in [6.45, 7) is 7.33. The Kier molecular flexibility index (Phi) is 3.04. The molecule has 0 N–H and O–H groups in total. The van der Waals surface area contributed by atoms with Gasteiger partial charge in [0.2, 0.25) is 0 Å². The quantitative estimate of drug-likeness (QED) is 0.748. The van der Waals surface area contributed by atoms with E-state index < -0.39 is 0 Å². The lowest BCUT2D eigenvalue weighted by atomic mass is 10.00.